The molecule has 0 saturated heterocycles. The lowest BCUT2D eigenvalue weighted by atomic mass is 9.81. The zero-order valence-corrected chi connectivity index (χ0v) is 35.7. The molecule has 0 radical (unpaired) electrons. The molecule has 0 saturated carbocycles. The van der Waals surface area contributed by atoms with Gasteiger partial charge in [0, 0.05) is 56.5 Å². The lowest BCUT2D eigenvalue weighted by Gasteiger charge is -2.31. The van der Waals surface area contributed by atoms with Gasteiger partial charge in [0.1, 0.15) is 23.0 Å². The van der Waals surface area contributed by atoms with Gasteiger partial charge in [0.05, 0.1) is 11.1 Å². The van der Waals surface area contributed by atoms with E-state index in [1.807, 2.05) is 74.5 Å². The second-order valence-electron chi connectivity index (χ2n) is 18.4. The molecule has 7 aromatic rings. The van der Waals surface area contributed by atoms with Gasteiger partial charge in [0.25, 0.3) is 23.6 Å². The molecule has 60 heavy (non-hydrogen) atoms. The molecule has 0 N–H and O–H groups in total. The summed E-state index contributed by atoms with van der Waals surface area (Å²) >= 11 is 0. The average Bonchev–Trinajstić information content (AvgIpc) is 3.21. The topological polar surface area (TPSA) is 93.2 Å². The zero-order chi connectivity index (χ0) is 42.4. The number of hydrogen-bond acceptors (Lipinski definition) is 6. The predicted molar refractivity (Wildman–Crippen MR) is 239 cm³/mol. The SMILES string of the molecule is CCCCN1C(=O)c2ccc3c4c(Oc5ccc(C(C)(C)C)cc5)cc5c6c(ccc(c7c(Oc8ccc(C(C)(C)C)cc8)cc(c2c37)C1=O)c64)C(=O)N(CCCC)C5=O. The number of fused-ring (bicyclic) bond motifs is 2. The molecule has 0 bridgehead atoms. The van der Waals surface area contributed by atoms with Crippen LogP contribution in [0.1, 0.15) is 134 Å². The molecule has 2 aliphatic heterocycles. The molecule has 0 spiro atoms. The molecule has 2 heterocycles. The third-order valence-corrected chi connectivity index (χ3v) is 12.3. The number of carbonyl (C=O) groups is 4. The number of hydrogen-bond donors (Lipinski definition) is 0. The Morgan fingerprint density at radius 3 is 1.12 bits per heavy atom. The number of imide groups is 2. The molecule has 2 aliphatic rings. The largest absolute Gasteiger partial charge is 0.457 e. The number of rotatable bonds is 10. The van der Waals surface area contributed by atoms with Crippen LogP contribution in [0.25, 0.3) is 43.1 Å². The smallest absolute Gasteiger partial charge is 0.261 e. The molecule has 304 valence electrons. The summed E-state index contributed by atoms with van der Waals surface area (Å²) in [4.78, 5) is 60.2. The summed E-state index contributed by atoms with van der Waals surface area (Å²) in [7, 11) is 0. The van der Waals surface area contributed by atoms with Crippen molar-refractivity contribution in [1.82, 2.24) is 9.80 Å². The molecule has 9 rings (SSSR count). The average molecular weight is 799 g/mol. The van der Waals surface area contributed by atoms with E-state index in [4.69, 9.17) is 9.47 Å². The first-order chi connectivity index (χ1) is 28.6. The highest BCUT2D eigenvalue weighted by Gasteiger charge is 2.39. The fourth-order valence-corrected chi connectivity index (χ4v) is 8.99. The Hall–Kier alpha value is -6.28. The third kappa shape index (κ3) is 6.10. The molecule has 0 aliphatic carbocycles. The normalized spacial score (nSPS) is 14.5. The van der Waals surface area contributed by atoms with E-state index in [-0.39, 0.29) is 34.5 Å². The quantitative estimate of drug-likeness (QED) is 0.0777. The number of ether oxygens (including phenoxy) is 2. The van der Waals surface area contributed by atoms with Crippen LogP contribution < -0.4 is 9.47 Å². The van der Waals surface area contributed by atoms with Gasteiger partial charge in [-0.25, -0.2) is 0 Å². The first-order valence-electron chi connectivity index (χ1n) is 21.2. The molecule has 0 atom stereocenters. The lowest BCUT2D eigenvalue weighted by molar-refractivity contribution is 0.0593. The fourth-order valence-electron chi connectivity index (χ4n) is 8.99. The van der Waals surface area contributed by atoms with E-state index in [0.29, 0.717) is 114 Å². The van der Waals surface area contributed by atoms with Gasteiger partial charge in [0.15, 0.2) is 0 Å². The Labute approximate surface area is 350 Å². The number of amides is 4. The molecular weight excluding hydrogens is 749 g/mol. The molecule has 8 nitrogen and oxygen atoms in total. The van der Waals surface area contributed by atoms with Crippen LogP contribution in [0.3, 0.4) is 0 Å². The van der Waals surface area contributed by atoms with E-state index in [0.717, 1.165) is 24.0 Å². The van der Waals surface area contributed by atoms with E-state index in [1.54, 1.807) is 24.3 Å². The minimum atomic E-state index is -0.368. The summed E-state index contributed by atoms with van der Waals surface area (Å²) in [5.74, 6) is 0.626. The fraction of sp³-hybridized carbons (Fsp3) is 0.308. The molecule has 8 heteroatoms. The monoisotopic (exact) mass is 798 g/mol. The molecule has 0 aromatic heterocycles. The summed E-state index contributed by atoms with van der Waals surface area (Å²) in [5.41, 5.74) is 3.79. The van der Waals surface area contributed by atoms with Gasteiger partial charge < -0.3 is 9.47 Å². The van der Waals surface area contributed by atoms with E-state index >= 15 is 0 Å². The van der Waals surface area contributed by atoms with Crippen molar-refractivity contribution >= 4 is 66.7 Å². The van der Waals surface area contributed by atoms with Gasteiger partial charge >= 0.3 is 0 Å². The predicted octanol–water partition coefficient (Wildman–Crippen LogP) is 12.7. The molecule has 7 aromatic carbocycles. The van der Waals surface area contributed by atoms with Crippen molar-refractivity contribution in [2.75, 3.05) is 13.1 Å². The maximum atomic E-state index is 14.5. The third-order valence-electron chi connectivity index (χ3n) is 12.3. The van der Waals surface area contributed by atoms with Crippen molar-refractivity contribution in [3.8, 4) is 23.0 Å². The van der Waals surface area contributed by atoms with Crippen LogP contribution in [0.5, 0.6) is 23.0 Å². The summed E-state index contributed by atoms with van der Waals surface area (Å²) in [6, 6.07) is 26.9. The van der Waals surface area contributed by atoms with Gasteiger partial charge in [-0.2, -0.15) is 0 Å². The molecule has 0 unspecified atom stereocenters. The summed E-state index contributed by atoms with van der Waals surface area (Å²) < 4.78 is 13.7. The van der Waals surface area contributed by atoms with Crippen molar-refractivity contribution in [3.63, 3.8) is 0 Å². The van der Waals surface area contributed by atoms with Crippen LogP contribution in [0.2, 0.25) is 0 Å². The minimum Gasteiger partial charge on any atom is -0.457 e. The zero-order valence-electron chi connectivity index (χ0n) is 35.7. The van der Waals surface area contributed by atoms with Crippen molar-refractivity contribution in [2.45, 2.75) is 91.9 Å². The number of benzene rings is 7. The Morgan fingerprint density at radius 1 is 0.433 bits per heavy atom. The van der Waals surface area contributed by atoms with Crippen LogP contribution in [0.4, 0.5) is 0 Å². The van der Waals surface area contributed by atoms with Crippen molar-refractivity contribution < 1.29 is 28.7 Å². The maximum absolute atomic E-state index is 14.5. The first kappa shape index (κ1) is 39.2. The Balaban J connectivity index is 1.39. The van der Waals surface area contributed by atoms with E-state index in [1.165, 1.54) is 9.80 Å². The highest BCUT2D eigenvalue weighted by Crippen LogP contribution is 2.53. The summed E-state index contributed by atoms with van der Waals surface area (Å²) in [6.07, 6.45) is 3.01. The van der Waals surface area contributed by atoms with Crippen LogP contribution in [-0.2, 0) is 10.8 Å². The van der Waals surface area contributed by atoms with Gasteiger partial charge in [-0.1, -0.05) is 105 Å². The molecule has 0 fully saturated rings. The van der Waals surface area contributed by atoms with E-state index < -0.39 is 0 Å². The lowest BCUT2D eigenvalue weighted by Crippen LogP contribution is -2.41. The van der Waals surface area contributed by atoms with Gasteiger partial charge in [0.2, 0.25) is 0 Å². The number of unbranched alkanes of at least 4 members (excludes halogenated alkanes) is 2. The van der Waals surface area contributed by atoms with Crippen molar-refractivity contribution in [2.24, 2.45) is 0 Å². The van der Waals surface area contributed by atoms with Crippen LogP contribution in [-0.4, -0.2) is 46.5 Å². The van der Waals surface area contributed by atoms with Crippen molar-refractivity contribution in [1.29, 1.82) is 0 Å². The highest BCUT2D eigenvalue weighted by atomic mass is 16.5. The van der Waals surface area contributed by atoms with Crippen LogP contribution >= 0.6 is 0 Å². The van der Waals surface area contributed by atoms with E-state index in [2.05, 4.69) is 41.5 Å². The molecular formula is C52H50N2O6. The Bertz CT molecular complexity index is 2730. The number of nitrogens with zero attached hydrogens (tertiary/aromatic N) is 2. The first-order valence-corrected chi connectivity index (χ1v) is 21.2. The van der Waals surface area contributed by atoms with Crippen molar-refractivity contribution in [3.05, 3.63) is 118 Å². The highest BCUT2D eigenvalue weighted by molar-refractivity contribution is 6.43. The standard InChI is InChI=1S/C52H50N2O6/c1-9-11-25-53-47(55)35-23-21-33-44-40(60-32-19-15-30(16-20-32)52(6,7)8)28-38-42-36(48(56)54(50(38)58)26-12-10-2)24-22-34(46(42)44)43-39(27-37(49(53)57)41(35)45(33)43)59-31-17-13-29(14-18-31)51(3,4)5/h13-24,27-28H,9-12,25-26H2,1-8H3. The molecule has 4 amide bonds. The van der Waals surface area contributed by atoms with Crippen LogP contribution in [0.15, 0.2) is 84.9 Å². The second-order valence-corrected chi connectivity index (χ2v) is 18.4. The summed E-state index contributed by atoms with van der Waals surface area (Å²) in [6.45, 7) is 17.6. The van der Waals surface area contributed by atoms with Gasteiger partial charge in [-0.3, -0.25) is 29.0 Å². The second kappa shape index (κ2) is 14.2. The Morgan fingerprint density at radius 2 is 0.783 bits per heavy atom. The maximum Gasteiger partial charge on any atom is 0.261 e. The van der Waals surface area contributed by atoms with Crippen LogP contribution in [0, 0.1) is 0 Å². The Kier molecular flexibility index (Phi) is 9.26. The van der Waals surface area contributed by atoms with Gasteiger partial charge in [-0.15, -0.1) is 0 Å². The minimum absolute atomic E-state index is 0.0704. The number of carbonyl (C=O) groups excluding carboxylic acids is 4. The van der Waals surface area contributed by atoms with Gasteiger partial charge in [-0.05, 0) is 94.1 Å². The summed E-state index contributed by atoms with van der Waals surface area (Å²) in [5, 5.41) is 5.26. The van der Waals surface area contributed by atoms with E-state index in [9.17, 15) is 19.2 Å².